The van der Waals surface area contributed by atoms with Gasteiger partial charge in [-0.1, -0.05) is 0 Å². The molecule has 0 bridgehead atoms. The van der Waals surface area contributed by atoms with E-state index in [1.807, 2.05) is 12.3 Å². The van der Waals surface area contributed by atoms with Crippen LogP contribution >= 0.6 is 0 Å². The van der Waals surface area contributed by atoms with Gasteiger partial charge in [0.05, 0.1) is 5.69 Å². The van der Waals surface area contributed by atoms with Crippen LogP contribution in [0.15, 0.2) is 30.7 Å². The summed E-state index contributed by atoms with van der Waals surface area (Å²) in [5.41, 5.74) is 2.85. The predicted octanol–water partition coefficient (Wildman–Crippen LogP) is 2.22. The fourth-order valence-electron chi connectivity index (χ4n) is 4.93. The van der Waals surface area contributed by atoms with Crippen molar-refractivity contribution in [2.45, 2.75) is 25.0 Å². The zero-order chi connectivity index (χ0) is 19.9. The zero-order valence-corrected chi connectivity index (χ0v) is 17.3. The van der Waals surface area contributed by atoms with Crippen LogP contribution in [0.25, 0.3) is 0 Å². The van der Waals surface area contributed by atoms with Crippen LogP contribution in [0.2, 0.25) is 0 Å². The molecule has 4 rings (SSSR count). The molecule has 6 heteroatoms. The normalized spacial score (nSPS) is 23.1. The number of ketones is 1. The lowest BCUT2D eigenvalue weighted by Gasteiger charge is -2.46. The molecule has 6 nitrogen and oxygen atoms in total. The lowest BCUT2D eigenvalue weighted by Crippen LogP contribution is -2.47. The van der Waals surface area contributed by atoms with Crippen molar-refractivity contribution in [2.24, 2.45) is 5.92 Å². The maximum absolute atomic E-state index is 13.4. The van der Waals surface area contributed by atoms with Crippen molar-refractivity contribution in [3.8, 4) is 0 Å². The average molecular weight is 383 g/mol. The number of piperidine rings is 1. The lowest BCUT2D eigenvalue weighted by atomic mass is 9.67. The van der Waals surface area contributed by atoms with Crippen LogP contribution in [0, 0.1) is 5.92 Å². The number of nitrogens with zero attached hydrogens (tertiary/aromatic N) is 4. The van der Waals surface area contributed by atoms with Gasteiger partial charge in [0.1, 0.15) is 5.60 Å². The molecule has 1 aliphatic heterocycles. The van der Waals surface area contributed by atoms with Crippen molar-refractivity contribution in [3.63, 3.8) is 0 Å². The van der Waals surface area contributed by atoms with Crippen LogP contribution in [-0.4, -0.2) is 73.0 Å². The summed E-state index contributed by atoms with van der Waals surface area (Å²) in [4.78, 5) is 22.2. The molecule has 0 N–H and O–H groups in total. The number of ether oxygens (including phenoxy) is 1. The van der Waals surface area contributed by atoms with Gasteiger partial charge in [0.25, 0.3) is 0 Å². The minimum absolute atomic E-state index is 0.0578. The van der Waals surface area contributed by atoms with E-state index in [4.69, 9.17) is 4.74 Å². The van der Waals surface area contributed by atoms with Crippen molar-refractivity contribution in [2.75, 3.05) is 47.9 Å². The van der Waals surface area contributed by atoms with Crippen molar-refractivity contribution in [1.82, 2.24) is 19.4 Å². The van der Waals surface area contributed by atoms with Gasteiger partial charge in [-0.25, -0.2) is 0 Å². The minimum atomic E-state index is -0.591. The van der Waals surface area contributed by atoms with Gasteiger partial charge in [-0.2, -0.15) is 0 Å². The molecule has 2 aromatic heterocycles. The van der Waals surface area contributed by atoms with Crippen LogP contribution in [-0.2, 0) is 16.9 Å². The SMILES string of the molecule is COC1(C2CCN(C)CC2)c2ccncc2C(=O)c2c1ccn2CCN(C)C. The number of pyridine rings is 1. The number of hydrogen-bond acceptors (Lipinski definition) is 5. The quantitative estimate of drug-likeness (QED) is 0.794. The Morgan fingerprint density at radius 3 is 2.68 bits per heavy atom. The maximum Gasteiger partial charge on any atom is 0.211 e. The van der Waals surface area contributed by atoms with Crippen LogP contribution in [0.3, 0.4) is 0 Å². The van der Waals surface area contributed by atoms with Gasteiger partial charge in [0.15, 0.2) is 0 Å². The van der Waals surface area contributed by atoms with Gasteiger partial charge in [-0.05, 0) is 65.1 Å². The van der Waals surface area contributed by atoms with Gasteiger partial charge in [-0.15, -0.1) is 0 Å². The number of likely N-dealkylation sites (tertiary alicyclic amines) is 1. The third kappa shape index (κ3) is 2.91. The summed E-state index contributed by atoms with van der Waals surface area (Å²) in [7, 11) is 8.06. The highest BCUT2D eigenvalue weighted by molar-refractivity contribution is 6.12. The van der Waals surface area contributed by atoms with E-state index in [0.29, 0.717) is 11.5 Å². The summed E-state index contributed by atoms with van der Waals surface area (Å²) in [6.07, 6.45) is 7.63. The van der Waals surface area contributed by atoms with Crippen molar-refractivity contribution >= 4 is 5.78 Å². The Morgan fingerprint density at radius 2 is 2.00 bits per heavy atom. The van der Waals surface area contributed by atoms with E-state index in [9.17, 15) is 4.79 Å². The molecule has 0 amide bonds. The maximum atomic E-state index is 13.4. The molecule has 0 spiro atoms. The number of aromatic nitrogens is 2. The number of methoxy groups -OCH3 is 1. The Labute approximate surface area is 167 Å². The highest BCUT2D eigenvalue weighted by Crippen LogP contribution is 2.50. The predicted molar refractivity (Wildman–Crippen MR) is 109 cm³/mol. The summed E-state index contributed by atoms with van der Waals surface area (Å²) in [6, 6.07) is 4.09. The first-order valence-electron chi connectivity index (χ1n) is 10.1. The smallest absolute Gasteiger partial charge is 0.211 e. The Morgan fingerprint density at radius 1 is 1.25 bits per heavy atom. The minimum Gasteiger partial charge on any atom is -0.368 e. The lowest BCUT2D eigenvalue weighted by molar-refractivity contribution is -0.0506. The number of likely N-dealkylation sites (N-methyl/N-ethyl adjacent to an activating group) is 1. The highest BCUT2D eigenvalue weighted by atomic mass is 16.5. The third-order valence-corrected chi connectivity index (χ3v) is 6.45. The fourth-order valence-corrected chi connectivity index (χ4v) is 4.93. The zero-order valence-electron chi connectivity index (χ0n) is 17.3. The van der Waals surface area contributed by atoms with E-state index < -0.39 is 5.60 Å². The number of rotatable bonds is 5. The standard InChI is InChI=1S/C22H30N4O2/c1-24(2)13-14-26-12-8-19-20(26)21(27)17-15-23-9-5-18(17)22(19,28-4)16-6-10-25(3)11-7-16/h5,8-9,12,15-16H,6-7,10-11,13-14H2,1-4H3. The number of carbonyl (C=O) groups is 1. The van der Waals surface area contributed by atoms with E-state index in [0.717, 1.165) is 55.8 Å². The summed E-state index contributed by atoms with van der Waals surface area (Å²) in [5.74, 6) is 0.383. The Kier molecular flexibility index (Phi) is 5.12. The summed E-state index contributed by atoms with van der Waals surface area (Å²) in [6.45, 7) is 3.74. The Hall–Kier alpha value is -2.02. The average Bonchev–Trinajstić information content (AvgIpc) is 3.13. The first-order valence-corrected chi connectivity index (χ1v) is 10.1. The second-order valence-corrected chi connectivity index (χ2v) is 8.34. The number of fused-ring (bicyclic) bond motifs is 2. The van der Waals surface area contributed by atoms with Crippen LogP contribution < -0.4 is 0 Å². The molecular formula is C22H30N4O2. The summed E-state index contributed by atoms with van der Waals surface area (Å²) < 4.78 is 8.47. The van der Waals surface area contributed by atoms with E-state index in [2.05, 4.69) is 46.6 Å². The molecule has 1 saturated heterocycles. The Balaban J connectivity index is 1.87. The molecule has 2 aromatic rings. The molecule has 1 unspecified atom stereocenters. The largest absolute Gasteiger partial charge is 0.368 e. The molecule has 3 heterocycles. The molecule has 150 valence electrons. The molecule has 0 aromatic carbocycles. The van der Waals surface area contributed by atoms with Gasteiger partial charge in [0.2, 0.25) is 5.78 Å². The molecule has 0 radical (unpaired) electrons. The topological polar surface area (TPSA) is 50.6 Å². The van der Waals surface area contributed by atoms with Crippen LogP contribution in [0.4, 0.5) is 0 Å². The van der Waals surface area contributed by atoms with Gasteiger partial charge in [-0.3, -0.25) is 9.78 Å². The number of hydrogen-bond donors (Lipinski definition) is 0. The van der Waals surface area contributed by atoms with Crippen LogP contribution in [0.1, 0.15) is 40.0 Å². The molecule has 2 aliphatic rings. The monoisotopic (exact) mass is 382 g/mol. The number of carbonyl (C=O) groups excluding carboxylic acids is 1. The van der Waals surface area contributed by atoms with E-state index in [1.54, 1.807) is 19.5 Å². The van der Waals surface area contributed by atoms with E-state index in [1.165, 1.54) is 0 Å². The van der Waals surface area contributed by atoms with Crippen molar-refractivity contribution < 1.29 is 9.53 Å². The molecule has 1 aliphatic carbocycles. The molecule has 28 heavy (non-hydrogen) atoms. The first kappa shape index (κ1) is 19.3. The molecule has 1 fully saturated rings. The Bertz CT molecular complexity index is 867. The van der Waals surface area contributed by atoms with Gasteiger partial charge in [0, 0.05) is 55.5 Å². The second kappa shape index (κ2) is 7.43. The van der Waals surface area contributed by atoms with Crippen molar-refractivity contribution in [1.29, 1.82) is 0 Å². The first-order chi connectivity index (χ1) is 13.5. The molecule has 1 atom stereocenters. The highest BCUT2D eigenvalue weighted by Gasteiger charge is 2.51. The fraction of sp³-hybridized carbons (Fsp3) is 0.545. The van der Waals surface area contributed by atoms with Crippen LogP contribution in [0.5, 0.6) is 0 Å². The summed E-state index contributed by atoms with van der Waals surface area (Å²) in [5, 5.41) is 0. The molecular weight excluding hydrogens is 352 g/mol. The van der Waals surface area contributed by atoms with E-state index in [-0.39, 0.29) is 5.78 Å². The molecule has 0 saturated carbocycles. The summed E-state index contributed by atoms with van der Waals surface area (Å²) >= 11 is 0. The van der Waals surface area contributed by atoms with Crippen molar-refractivity contribution in [3.05, 3.63) is 53.1 Å². The second-order valence-electron chi connectivity index (χ2n) is 8.34. The van der Waals surface area contributed by atoms with E-state index >= 15 is 0 Å². The third-order valence-electron chi connectivity index (χ3n) is 6.45. The van der Waals surface area contributed by atoms with Gasteiger partial charge < -0.3 is 19.1 Å². The van der Waals surface area contributed by atoms with Gasteiger partial charge >= 0.3 is 0 Å².